The molecule has 1 aliphatic rings. The molecule has 1 fully saturated rings. The van der Waals surface area contributed by atoms with Crippen molar-refractivity contribution in [1.29, 1.82) is 0 Å². The smallest absolute Gasteiger partial charge is 0.175 e. The lowest BCUT2D eigenvalue weighted by Crippen LogP contribution is -2.41. The fraction of sp³-hybridized carbons (Fsp3) is 0.500. The number of hydrogen-bond acceptors (Lipinski definition) is 4. The van der Waals surface area contributed by atoms with Crippen LogP contribution in [-0.4, -0.2) is 26.3 Å². The zero-order chi connectivity index (χ0) is 12.7. The van der Waals surface area contributed by atoms with Crippen LogP contribution < -0.4 is 5.73 Å². The zero-order valence-corrected chi connectivity index (χ0v) is 10.6. The largest absolute Gasteiger partial charge is 0.508 e. The van der Waals surface area contributed by atoms with Gasteiger partial charge in [-0.1, -0.05) is 12.5 Å². The molecular formula is C12H17NO3S. The van der Waals surface area contributed by atoms with Crippen molar-refractivity contribution < 1.29 is 13.5 Å². The minimum Gasteiger partial charge on any atom is -0.508 e. The lowest BCUT2D eigenvalue weighted by molar-refractivity contribution is 0.245. The maximum atomic E-state index is 11.4. The van der Waals surface area contributed by atoms with Crippen LogP contribution in [0.4, 0.5) is 0 Å². The van der Waals surface area contributed by atoms with Gasteiger partial charge in [-0.25, -0.2) is 8.42 Å². The van der Waals surface area contributed by atoms with Gasteiger partial charge in [0.05, 0.1) is 4.90 Å². The van der Waals surface area contributed by atoms with Gasteiger partial charge in [-0.15, -0.1) is 0 Å². The summed E-state index contributed by atoms with van der Waals surface area (Å²) in [6, 6.07) is 4.55. The van der Waals surface area contributed by atoms with Gasteiger partial charge in [-0.3, -0.25) is 0 Å². The van der Waals surface area contributed by atoms with Gasteiger partial charge in [0.1, 0.15) is 5.75 Å². The van der Waals surface area contributed by atoms with Crippen LogP contribution in [0.2, 0.25) is 0 Å². The van der Waals surface area contributed by atoms with Crippen LogP contribution in [0, 0.1) is 0 Å². The van der Waals surface area contributed by atoms with Crippen LogP contribution in [0.25, 0.3) is 0 Å². The highest BCUT2D eigenvalue weighted by Crippen LogP contribution is 2.46. The summed E-state index contributed by atoms with van der Waals surface area (Å²) in [5.74, 6) is 0.0399. The summed E-state index contributed by atoms with van der Waals surface area (Å²) in [4.78, 5) is 0.144. The van der Waals surface area contributed by atoms with Crippen LogP contribution in [0.1, 0.15) is 24.8 Å². The van der Waals surface area contributed by atoms with Crippen molar-refractivity contribution in [2.75, 3.05) is 12.8 Å². The van der Waals surface area contributed by atoms with Gasteiger partial charge in [0.15, 0.2) is 9.84 Å². The van der Waals surface area contributed by atoms with Crippen LogP contribution in [0.3, 0.4) is 0 Å². The van der Waals surface area contributed by atoms with Crippen LogP contribution in [0.5, 0.6) is 5.75 Å². The predicted molar refractivity (Wildman–Crippen MR) is 65.8 cm³/mol. The molecule has 2 rings (SSSR count). The van der Waals surface area contributed by atoms with Gasteiger partial charge in [-0.2, -0.15) is 0 Å². The molecule has 1 aromatic carbocycles. The van der Waals surface area contributed by atoms with Crippen molar-refractivity contribution >= 4 is 9.84 Å². The topological polar surface area (TPSA) is 80.4 Å². The van der Waals surface area contributed by atoms with Crippen molar-refractivity contribution in [3.63, 3.8) is 0 Å². The van der Waals surface area contributed by atoms with Gasteiger partial charge < -0.3 is 10.8 Å². The molecule has 1 aliphatic carbocycles. The number of hydrogen-bond donors (Lipinski definition) is 2. The summed E-state index contributed by atoms with van der Waals surface area (Å²) < 4.78 is 22.7. The highest BCUT2D eigenvalue weighted by molar-refractivity contribution is 7.90. The first-order chi connectivity index (χ1) is 7.89. The van der Waals surface area contributed by atoms with E-state index < -0.39 is 9.84 Å². The molecule has 1 saturated carbocycles. The van der Waals surface area contributed by atoms with Crippen molar-refractivity contribution in [3.05, 3.63) is 23.8 Å². The zero-order valence-electron chi connectivity index (χ0n) is 9.81. The molecule has 0 unspecified atom stereocenters. The second kappa shape index (κ2) is 3.99. The summed E-state index contributed by atoms with van der Waals surface area (Å²) in [6.07, 6.45) is 4.14. The minimum absolute atomic E-state index is 0.0399. The first-order valence-corrected chi connectivity index (χ1v) is 7.52. The van der Waals surface area contributed by atoms with Gasteiger partial charge in [-0.05, 0) is 25.0 Å². The monoisotopic (exact) mass is 255 g/mol. The van der Waals surface area contributed by atoms with Crippen LogP contribution in [0.15, 0.2) is 23.1 Å². The molecule has 3 N–H and O–H groups in total. The van der Waals surface area contributed by atoms with E-state index in [1.807, 2.05) is 0 Å². The lowest BCUT2D eigenvalue weighted by atomic mass is 9.64. The van der Waals surface area contributed by atoms with E-state index in [-0.39, 0.29) is 16.1 Å². The van der Waals surface area contributed by atoms with Crippen molar-refractivity contribution in [2.24, 2.45) is 5.73 Å². The first-order valence-electron chi connectivity index (χ1n) is 5.63. The number of aromatic hydroxyl groups is 1. The Morgan fingerprint density at radius 2 is 2.06 bits per heavy atom. The number of phenolic OH excluding ortho intramolecular Hbond substituents is 1. The SMILES string of the molecule is CS(=O)(=O)c1ccc(C2(CN)CCC2)c(O)c1. The van der Waals surface area contributed by atoms with Crippen molar-refractivity contribution in [1.82, 2.24) is 0 Å². The van der Waals surface area contributed by atoms with E-state index in [9.17, 15) is 13.5 Å². The molecule has 1 aromatic rings. The summed E-state index contributed by atoms with van der Waals surface area (Å²) in [5.41, 5.74) is 6.39. The standard InChI is InChI=1S/C12H17NO3S/c1-17(15,16)9-3-4-10(11(14)7-9)12(8-13)5-2-6-12/h3-4,7,14H,2,5-6,8,13H2,1H3. The Bertz CT molecular complexity index is 527. The highest BCUT2D eigenvalue weighted by atomic mass is 32.2. The number of rotatable bonds is 3. The Balaban J connectivity index is 2.45. The van der Waals surface area contributed by atoms with Gasteiger partial charge >= 0.3 is 0 Å². The molecule has 0 bridgehead atoms. The third-order valence-corrected chi connectivity index (χ3v) is 4.78. The molecule has 0 aromatic heterocycles. The molecule has 0 radical (unpaired) electrons. The Kier molecular flexibility index (Phi) is 2.91. The fourth-order valence-corrected chi connectivity index (χ4v) is 3.02. The normalized spacial score (nSPS) is 18.7. The molecule has 0 aliphatic heterocycles. The Morgan fingerprint density at radius 1 is 1.41 bits per heavy atom. The molecular weight excluding hydrogens is 238 g/mol. The molecule has 0 saturated heterocycles. The molecule has 0 spiro atoms. The average Bonchev–Trinajstić information content (AvgIpc) is 2.17. The molecule has 17 heavy (non-hydrogen) atoms. The summed E-state index contributed by atoms with van der Waals surface area (Å²) in [6.45, 7) is 0.485. The molecule has 5 heteroatoms. The molecule has 94 valence electrons. The second-order valence-corrected chi connectivity index (χ2v) is 6.80. The predicted octanol–water partition coefficient (Wildman–Crippen LogP) is 1.18. The Morgan fingerprint density at radius 3 is 2.41 bits per heavy atom. The quantitative estimate of drug-likeness (QED) is 0.849. The van der Waals surface area contributed by atoms with Crippen molar-refractivity contribution in [3.8, 4) is 5.75 Å². The fourth-order valence-electron chi connectivity index (χ4n) is 2.38. The maximum absolute atomic E-state index is 11.4. The summed E-state index contributed by atoms with van der Waals surface area (Å²) in [7, 11) is -3.27. The van der Waals surface area contributed by atoms with E-state index >= 15 is 0 Å². The second-order valence-electron chi connectivity index (χ2n) is 4.79. The summed E-state index contributed by atoms with van der Waals surface area (Å²) >= 11 is 0. The minimum atomic E-state index is -3.27. The van der Waals surface area contributed by atoms with E-state index in [1.54, 1.807) is 12.1 Å². The number of benzene rings is 1. The van der Waals surface area contributed by atoms with Gasteiger partial charge in [0.25, 0.3) is 0 Å². The van der Waals surface area contributed by atoms with E-state index in [1.165, 1.54) is 6.07 Å². The van der Waals surface area contributed by atoms with E-state index in [4.69, 9.17) is 5.73 Å². The third-order valence-electron chi connectivity index (χ3n) is 3.67. The Hall–Kier alpha value is -1.07. The maximum Gasteiger partial charge on any atom is 0.175 e. The van der Waals surface area contributed by atoms with Crippen molar-refractivity contribution in [2.45, 2.75) is 29.6 Å². The third kappa shape index (κ3) is 2.05. The lowest BCUT2D eigenvalue weighted by Gasteiger charge is -2.41. The number of sulfone groups is 1. The molecule has 0 amide bonds. The highest BCUT2D eigenvalue weighted by Gasteiger charge is 2.39. The summed E-state index contributed by atoms with van der Waals surface area (Å²) in [5, 5.41) is 9.97. The molecule has 4 nitrogen and oxygen atoms in total. The van der Waals surface area contributed by atoms with Crippen LogP contribution in [-0.2, 0) is 15.3 Å². The Labute approximate surface area is 101 Å². The van der Waals surface area contributed by atoms with Gasteiger partial charge in [0, 0.05) is 23.8 Å². The van der Waals surface area contributed by atoms with E-state index in [0.29, 0.717) is 6.54 Å². The molecule has 0 heterocycles. The first kappa shape index (κ1) is 12.4. The molecule has 0 atom stereocenters. The van der Waals surface area contributed by atoms with E-state index in [2.05, 4.69) is 0 Å². The number of nitrogens with two attached hydrogens (primary N) is 1. The van der Waals surface area contributed by atoms with E-state index in [0.717, 1.165) is 31.1 Å². The number of phenols is 1. The van der Waals surface area contributed by atoms with Crippen LogP contribution >= 0.6 is 0 Å². The van der Waals surface area contributed by atoms with Gasteiger partial charge in [0.2, 0.25) is 0 Å². The average molecular weight is 255 g/mol.